The van der Waals surface area contributed by atoms with Crippen LogP contribution in [0.25, 0.3) is 0 Å². The van der Waals surface area contributed by atoms with Crippen LogP contribution in [0.3, 0.4) is 0 Å². The third-order valence-electron chi connectivity index (χ3n) is 2.34. The highest BCUT2D eigenvalue weighted by molar-refractivity contribution is 7.87. The Bertz CT molecular complexity index is 500. The molecule has 1 heterocycles. The minimum absolute atomic E-state index is 0.450. The van der Waals surface area contributed by atoms with E-state index in [-0.39, 0.29) is 0 Å². The van der Waals surface area contributed by atoms with Gasteiger partial charge in [-0.15, -0.1) is 0 Å². The molecule has 9 nitrogen and oxygen atoms in total. The van der Waals surface area contributed by atoms with Gasteiger partial charge in [-0.2, -0.15) is 21.6 Å². The van der Waals surface area contributed by atoms with Crippen molar-refractivity contribution in [2.45, 2.75) is 18.4 Å². The van der Waals surface area contributed by atoms with Crippen LogP contribution in [0.5, 0.6) is 0 Å². The van der Waals surface area contributed by atoms with Gasteiger partial charge in [-0.1, -0.05) is 11.1 Å². The summed E-state index contributed by atoms with van der Waals surface area (Å²) in [6.07, 6.45) is -7.29. The Morgan fingerprint density at radius 2 is 2.13 bits per heavy atom. The maximum Gasteiger partial charge on any atom is 0.640 e. The quantitative estimate of drug-likeness (QED) is 0.288. The summed E-state index contributed by atoms with van der Waals surface area (Å²) in [5.41, 5.74) is 0. The van der Waals surface area contributed by atoms with Crippen LogP contribution in [0.4, 0.5) is 13.2 Å². The summed E-state index contributed by atoms with van der Waals surface area (Å²) in [4.78, 5) is 0. The summed E-state index contributed by atoms with van der Waals surface area (Å²) in [6.45, 7) is -3.06. The SMILES string of the molecule is O=S([O-])CC(CO)OB(OCC(F)(F)F)OC1COS(=O)(=O)C1. The van der Waals surface area contributed by atoms with E-state index in [1.165, 1.54) is 0 Å². The van der Waals surface area contributed by atoms with Crippen LogP contribution in [-0.4, -0.2) is 79.3 Å². The van der Waals surface area contributed by atoms with Crippen molar-refractivity contribution in [2.75, 3.05) is 31.3 Å². The average molecular weight is 385 g/mol. The average Bonchev–Trinajstić information content (AvgIpc) is 2.73. The summed E-state index contributed by atoms with van der Waals surface area (Å²) < 4.78 is 98.2. The molecule has 0 aromatic carbocycles. The van der Waals surface area contributed by atoms with Gasteiger partial charge in [0, 0.05) is 5.75 Å². The Morgan fingerprint density at radius 1 is 1.48 bits per heavy atom. The first-order valence-electron chi connectivity index (χ1n) is 6.04. The van der Waals surface area contributed by atoms with E-state index in [9.17, 15) is 30.4 Å². The molecule has 3 atom stereocenters. The van der Waals surface area contributed by atoms with E-state index in [0.717, 1.165) is 0 Å². The van der Waals surface area contributed by atoms with Crippen molar-refractivity contribution in [1.82, 2.24) is 0 Å². The normalized spacial score (nSPS) is 23.6. The number of aliphatic hydroxyl groups excluding tert-OH is 1. The molecule has 15 heteroatoms. The third-order valence-corrected chi connectivity index (χ3v) is 4.26. The van der Waals surface area contributed by atoms with Crippen LogP contribution in [0.2, 0.25) is 0 Å². The maximum absolute atomic E-state index is 12.2. The minimum Gasteiger partial charge on any atom is -0.772 e. The molecule has 0 saturated carbocycles. The first-order chi connectivity index (χ1) is 10.5. The molecule has 1 aliphatic heterocycles. The van der Waals surface area contributed by atoms with Crippen LogP contribution in [0, 0.1) is 0 Å². The van der Waals surface area contributed by atoms with Gasteiger partial charge in [0.25, 0.3) is 10.1 Å². The molecule has 23 heavy (non-hydrogen) atoms. The fraction of sp³-hybridized carbons (Fsp3) is 1.00. The highest BCUT2D eigenvalue weighted by atomic mass is 32.2. The van der Waals surface area contributed by atoms with E-state index in [1.54, 1.807) is 0 Å². The predicted octanol–water partition coefficient (Wildman–Crippen LogP) is -1.45. The van der Waals surface area contributed by atoms with Gasteiger partial charge < -0.3 is 23.6 Å². The highest BCUT2D eigenvalue weighted by Crippen LogP contribution is 2.18. The van der Waals surface area contributed by atoms with Crippen molar-refractivity contribution < 1.29 is 53.6 Å². The summed E-state index contributed by atoms with van der Waals surface area (Å²) in [5.74, 6) is -1.34. The number of alkyl halides is 3. The van der Waals surface area contributed by atoms with Crippen molar-refractivity contribution in [3.8, 4) is 0 Å². The zero-order chi connectivity index (χ0) is 17.7. The summed E-state index contributed by atoms with van der Waals surface area (Å²) in [5, 5.41) is 8.94. The third kappa shape index (κ3) is 8.95. The van der Waals surface area contributed by atoms with Crippen LogP contribution in [0.1, 0.15) is 0 Å². The number of hydrogen-bond donors (Lipinski definition) is 1. The molecule has 3 unspecified atom stereocenters. The highest BCUT2D eigenvalue weighted by Gasteiger charge is 2.39. The largest absolute Gasteiger partial charge is 0.772 e. The number of halogens is 3. The first-order valence-corrected chi connectivity index (χ1v) is 8.86. The molecule has 136 valence electrons. The molecule has 0 aliphatic carbocycles. The zero-order valence-electron chi connectivity index (χ0n) is 11.4. The minimum atomic E-state index is -4.72. The Morgan fingerprint density at radius 3 is 2.57 bits per heavy atom. The summed E-state index contributed by atoms with van der Waals surface area (Å²) >= 11 is -2.64. The van der Waals surface area contributed by atoms with Gasteiger partial charge in [0.05, 0.1) is 25.4 Å². The van der Waals surface area contributed by atoms with Crippen molar-refractivity contribution in [1.29, 1.82) is 0 Å². The molecule has 1 aliphatic rings. The molecule has 1 fully saturated rings. The lowest BCUT2D eigenvalue weighted by atomic mass is 10.2. The lowest BCUT2D eigenvalue weighted by Crippen LogP contribution is -2.41. The molecule has 1 saturated heterocycles. The number of rotatable bonds is 9. The zero-order valence-corrected chi connectivity index (χ0v) is 13.1. The van der Waals surface area contributed by atoms with E-state index in [0.29, 0.717) is 0 Å². The fourth-order valence-corrected chi connectivity index (χ4v) is 3.03. The van der Waals surface area contributed by atoms with Crippen LogP contribution in [0.15, 0.2) is 0 Å². The van der Waals surface area contributed by atoms with Crippen LogP contribution in [-0.2, 0) is 39.3 Å². The smallest absolute Gasteiger partial charge is 0.640 e. The van der Waals surface area contributed by atoms with E-state index >= 15 is 0 Å². The molecule has 0 radical (unpaired) electrons. The second-order valence-corrected chi connectivity index (χ2v) is 7.02. The second kappa shape index (κ2) is 8.71. The lowest BCUT2D eigenvalue weighted by molar-refractivity contribution is -0.163. The molecular formula is C8H13BF3O9S2-. The van der Waals surface area contributed by atoms with Crippen molar-refractivity contribution in [2.24, 2.45) is 0 Å². The number of aliphatic hydroxyl groups is 1. The Labute approximate surface area is 132 Å². The molecule has 0 aromatic heterocycles. The number of hydrogen-bond acceptors (Lipinski definition) is 9. The molecule has 0 bridgehead atoms. The van der Waals surface area contributed by atoms with E-state index in [1.807, 2.05) is 0 Å². The molecule has 1 rings (SSSR count). The maximum atomic E-state index is 12.2. The van der Waals surface area contributed by atoms with E-state index < -0.39 is 78.2 Å². The van der Waals surface area contributed by atoms with Crippen molar-refractivity contribution in [3.05, 3.63) is 0 Å². The Balaban J connectivity index is 2.66. The van der Waals surface area contributed by atoms with Crippen molar-refractivity contribution >= 4 is 28.5 Å². The van der Waals surface area contributed by atoms with Gasteiger partial charge in [-0.05, 0) is 0 Å². The van der Waals surface area contributed by atoms with Gasteiger partial charge in [-0.3, -0.25) is 8.39 Å². The molecule has 0 aromatic rings. The Hall–Kier alpha value is -0.285. The Kier molecular flexibility index (Phi) is 7.86. The first kappa shape index (κ1) is 20.8. The predicted molar refractivity (Wildman–Crippen MR) is 68.1 cm³/mol. The van der Waals surface area contributed by atoms with E-state index in [4.69, 9.17) is 14.4 Å². The summed E-state index contributed by atoms with van der Waals surface area (Å²) in [6, 6.07) is 0. The van der Waals surface area contributed by atoms with Crippen LogP contribution >= 0.6 is 0 Å². The fourth-order valence-electron chi connectivity index (χ4n) is 1.46. The standard InChI is InChI=1S/C8H14BF3O9S2/c10-8(11,12)5-18-9(20-6(1-13)3-22(14)15)21-7-2-19-23(16,17)4-7/h6-7,13H,1-5H2,(H,14,15)/p-1. The monoisotopic (exact) mass is 385 g/mol. The van der Waals surface area contributed by atoms with Gasteiger partial charge in [0.2, 0.25) is 0 Å². The van der Waals surface area contributed by atoms with Crippen LogP contribution < -0.4 is 0 Å². The second-order valence-electron chi connectivity index (χ2n) is 4.39. The lowest BCUT2D eigenvalue weighted by Gasteiger charge is -2.23. The topological polar surface area (TPSA) is 131 Å². The summed E-state index contributed by atoms with van der Waals surface area (Å²) in [7, 11) is -5.87. The molecule has 1 N–H and O–H groups in total. The van der Waals surface area contributed by atoms with Gasteiger partial charge in [-0.25, -0.2) is 0 Å². The molecule has 0 spiro atoms. The molecule has 0 amide bonds. The van der Waals surface area contributed by atoms with Gasteiger partial charge in [0.15, 0.2) is 0 Å². The van der Waals surface area contributed by atoms with Gasteiger partial charge in [0.1, 0.15) is 12.4 Å². The van der Waals surface area contributed by atoms with E-state index in [2.05, 4.69) is 8.84 Å². The van der Waals surface area contributed by atoms with Gasteiger partial charge >= 0.3 is 13.5 Å². The van der Waals surface area contributed by atoms with Crippen molar-refractivity contribution in [3.63, 3.8) is 0 Å². The molecular weight excluding hydrogens is 372 g/mol.